The predicted octanol–water partition coefficient (Wildman–Crippen LogP) is 3.80. The van der Waals surface area contributed by atoms with Crippen LogP contribution in [0.5, 0.6) is 0 Å². The first-order valence-electron chi connectivity index (χ1n) is 7.02. The second-order valence-corrected chi connectivity index (χ2v) is 7.45. The van der Waals surface area contributed by atoms with Crippen molar-refractivity contribution in [2.75, 3.05) is 12.4 Å². The van der Waals surface area contributed by atoms with Gasteiger partial charge in [0.1, 0.15) is 5.60 Å². The molecule has 1 aromatic rings. The summed E-state index contributed by atoms with van der Waals surface area (Å²) in [5, 5.41) is 4.27. The van der Waals surface area contributed by atoms with E-state index in [9.17, 15) is 0 Å². The van der Waals surface area contributed by atoms with E-state index in [4.69, 9.17) is 4.74 Å². The maximum absolute atomic E-state index is 5.83. The maximum atomic E-state index is 5.83. The summed E-state index contributed by atoms with van der Waals surface area (Å²) in [4.78, 5) is 4.67. The molecule has 2 unspecified atom stereocenters. The fourth-order valence-electron chi connectivity index (χ4n) is 2.76. The molecular formula is C14H25N3OS. The number of nitrogens with zero attached hydrogens (tertiary/aromatic N) is 2. The minimum Gasteiger partial charge on any atom is -0.370 e. The molecule has 0 radical (unpaired) electrons. The summed E-state index contributed by atoms with van der Waals surface area (Å²) in [6.45, 7) is 8.67. The third kappa shape index (κ3) is 3.45. The van der Waals surface area contributed by atoms with E-state index in [1.54, 1.807) is 7.11 Å². The zero-order valence-corrected chi connectivity index (χ0v) is 13.4. The highest BCUT2D eigenvalue weighted by atomic mass is 32.1. The SMILES string of the molecule is COC1(c2nsc(NC(C)(C)C)n2)CCCC(C)C1. The molecule has 1 aromatic heterocycles. The van der Waals surface area contributed by atoms with Crippen LogP contribution in [-0.4, -0.2) is 22.0 Å². The third-order valence-electron chi connectivity index (χ3n) is 3.66. The minimum absolute atomic E-state index is 0.0108. The number of hydrogen-bond acceptors (Lipinski definition) is 5. The van der Waals surface area contributed by atoms with Gasteiger partial charge in [-0.2, -0.15) is 4.37 Å². The lowest BCUT2D eigenvalue weighted by atomic mass is 9.78. The molecule has 1 heterocycles. The summed E-state index contributed by atoms with van der Waals surface area (Å²) in [6, 6.07) is 0. The average Bonchev–Trinajstić information content (AvgIpc) is 2.75. The van der Waals surface area contributed by atoms with Crippen molar-refractivity contribution in [3.63, 3.8) is 0 Å². The van der Waals surface area contributed by atoms with Crippen molar-refractivity contribution in [1.29, 1.82) is 0 Å². The van der Waals surface area contributed by atoms with Gasteiger partial charge < -0.3 is 10.1 Å². The monoisotopic (exact) mass is 283 g/mol. The molecule has 5 heteroatoms. The highest BCUT2D eigenvalue weighted by molar-refractivity contribution is 7.09. The Labute approximate surface area is 120 Å². The molecule has 1 aliphatic rings. The molecule has 1 N–H and O–H groups in total. The molecule has 2 atom stereocenters. The Balaban J connectivity index is 2.19. The van der Waals surface area contributed by atoms with Crippen LogP contribution < -0.4 is 5.32 Å². The van der Waals surface area contributed by atoms with E-state index in [1.165, 1.54) is 24.4 Å². The predicted molar refractivity (Wildman–Crippen MR) is 79.6 cm³/mol. The molecule has 0 aromatic carbocycles. The Morgan fingerprint density at radius 3 is 2.74 bits per heavy atom. The molecule has 0 amide bonds. The largest absolute Gasteiger partial charge is 0.370 e. The van der Waals surface area contributed by atoms with Gasteiger partial charge in [0.25, 0.3) is 0 Å². The van der Waals surface area contributed by atoms with Crippen LogP contribution in [0.2, 0.25) is 0 Å². The lowest BCUT2D eigenvalue weighted by molar-refractivity contribution is -0.0637. The van der Waals surface area contributed by atoms with Crippen LogP contribution in [0, 0.1) is 5.92 Å². The first kappa shape index (κ1) is 14.7. The molecule has 4 nitrogen and oxygen atoms in total. The van der Waals surface area contributed by atoms with Crippen molar-refractivity contribution in [2.45, 2.75) is 64.5 Å². The number of rotatable bonds is 3. The van der Waals surface area contributed by atoms with Crippen molar-refractivity contribution >= 4 is 16.7 Å². The summed E-state index contributed by atoms with van der Waals surface area (Å²) in [7, 11) is 1.79. The van der Waals surface area contributed by atoms with E-state index in [0.717, 1.165) is 23.8 Å². The molecule has 0 spiro atoms. The highest BCUT2D eigenvalue weighted by Gasteiger charge is 2.40. The Kier molecular flexibility index (Phi) is 4.16. The Morgan fingerprint density at radius 2 is 2.16 bits per heavy atom. The minimum atomic E-state index is -0.272. The molecular weight excluding hydrogens is 258 g/mol. The van der Waals surface area contributed by atoms with Crippen LogP contribution in [0.1, 0.15) is 59.2 Å². The van der Waals surface area contributed by atoms with Crippen molar-refractivity contribution in [1.82, 2.24) is 9.36 Å². The summed E-state index contributed by atoms with van der Waals surface area (Å²) < 4.78 is 10.4. The first-order chi connectivity index (χ1) is 8.85. The lowest BCUT2D eigenvalue weighted by Crippen LogP contribution is -2.35. The highest BCUT2D eigenvalue weighted by Crippen LogP contribution is 2.42. The van der Waals surface area contributed by atoms with Gasteiger partial charge in [-0.25, -0.2) is 4.98 Å². The second kappa shape index (κ2) is 5.37. The summed E-state index contributed by atoms with van der Waals surface area (Å²) >= 11 is 1.43. The van der Waals surface area contributed by atoms with Crippen LogP contribution in [0.15, 0.2) is 0 Å². The Hall–Kier alpha value is -0.680. The van der Waals surface area contributed by atoms with Gasteiger partial charge in [0.15, 0.2) is 5.82 Å². The smallest absolute Gasteiger partial charge is 0.203 e. The number of ether oxygens (including phenoxy) is 1. The standard InChI is InChI=1S/C14H25N3OS/c1-10-7-6-8-14(9-10,18-5)11-15-12(19-17-11)16-13(2,3)4/h10H,6-9H2,1-5H3,(H,15,16,17). The second-order valence-electron chi connectivity index (χ2n) is 6.70. The van der Waals surface area contributed by atoms with Crippen LogP contribution in [-0.2, 0) is 10.3 Å². The zero-order chi connectivity index (χ0) is 14.1. The number of hydrogen-bond donors (Lipinski definition) is 1. The quantitative estimate of drug-likeness (QED) is 0.916. The van der Waals surface area contributed by atoms with Gasteiger partial charge in [-0.1, -0.05) is 13.3 Å². The summed E-state index contributed by atoms with van der Waals surface area (Å²) in [5.41, 5.74) is -0.261. The molecule has 2 rings (SSSR count). The van der Waals surface area contributed by atoms with Crippen LogP contribution in [0.3, 0.4) is 0 Å². The number of aromatic nitrogens is 2. The molecule has 1 saturated carbocycles. The first-order valence-corrected chi connectivity index (χ1v) is 7.79. The maximum Gasteiger partial charge on any atom is 0.203 e. The molecule has 1 aliphatic carbocycles. The summed E-state index contributed by atoms with van der Waals surface area (Å²) in [6.07, 6.45) is 4.52. The van der Waals surface area contributed by atoms with Crippen LogP contribution in [0.25, 0.3) is 0 Å². The van der Waals surface area contributed by atoms with E-state index in [2.05, 4.69) is 42.4 Å². The number of methoxy groups -OCH3 is 1. The summed E-state index contributed by atoms with van der Waals surface area (Å²) in [5.74, 6) is 1.54. The van der Waals surface area contributed by atoms with Gasteiger partial charge in [0.05, 0.1) is 0 Å². The van der Waals surface area contributed by atoms with E-state index >= 15 is 0 Å². The van der Waals surface area contributed by atoms with Gasteiger partial charge in [-0.05, 0) is 46.0 Å². The molecule has 0 aliphatic heterocycles. The van der Waals surface area contributed by atoms with Crippen molar-refractivity contribution < 1.29 is 4.74 Å². The van der Waals surface area contributed by atoms with E-state index in [0.29, 0.717) is 5.92 Å². The van der Waals surface area contributed by atoms with Gasteiger partial charge in [-0.15, -0.1) is 0 Å². The fraction of sp³-hybridized carbons (Fsp3) is 0.857. The van der Waals surface area contributed by atoms with E-state index in [-0.39, 0.29) is 11.1 Å². The lowest BCUT2D eigenvalue weighted by Gasteiger charge is -2.36. The normalized spacial score (nSPS) is 28.4. The molecule has 0 bridgehead atoms. The average molecular weight is 283 g/mol. The molecule has 19 heavy (non-hydrogen) atoms. The van der Waals surface area contributed by atoms with Crippen LogP contribution in [0.4, 0.5) is 5.13 Å². The fourth-order valence-corrected chi connectivity index (χ4v) is 3.62. The van der Waals surface area contributed by atoms with E-state index < -0.39 is 0 Å². The Morgan fingerprint density at radius 1 is 1.42 bits per heavy atom. The van der Waals surface area contributed by atoms with Gasteiger partial charge >= 0.3 is 0 Å². The van der Waals surface area contributed by atoms with Crippen molar-refractivity contribution in [3.05, 3.63) is 5.82 Å². The third-order valence-corrected chi connectivity index (χ3v) is 4.29. The zero-order valence-electron chi connectivity index (χ0n) is 12.6. The van der Waals surface area contributed by atoms with Gasteiger partial charge in [-0.3, -0.25) is 0 Å². The van der Waals surface area contributed by atoms with Crippen molar-refractivity contribution in [3.8, 4) is 0 Å². The molecule has 1 fully saturated rings. The van der Waals surface area contributed by atoms with Gasteiger partial charge in [0.2, 0.25) is 5.13 Å². The topological polar surface area (TPSA) is 47.0 Å². The van der Waals surface area contributed by atoms with Gasteiger partial charge in [0, 0.05) is 24.2 Å². The molecule has 0 saturated heterocycles. The Bertz CT molecular complexity index is 427. The number of nitrogens with one attached hydrogen (secondary N) is 1. The van der Waals surface area contributed by atoms with Crippen molar-refractivity contribution in [2.24, 2.45) is 5.92 Å². The number of anilines is 1. The van der Waals surface area contributed by atoms with Crippen LogP contribution >= 0.6 is 11.5 Å². The molecule has 108 valence electrons. The van der Waals surface area contributed by atoms with E-state index in [1.807, 2.05) is 0 Å².